The molecule has 27 heavy (non-hydrogen) atoms. The van der Waals surface area contributed by atoms with Crippen LogP contribution in [0.3, 0.4) is 0 Å². The maximum atomic E-state index is 12.3. The lowest BCUT2D eigenvalue weighted by Crippen LogP contribution is -2.25. The molecule has 3 rings (SSSR count). The van der Waals surface area contributed by atoms with Crippen LogP contribution in [0.2, 0.25) is 0 Å². The van der Waals surface area contributed by atoms with Gasteiger partial charge in [0.2, 0.25) is 11.8 Å². The molecule has 0 bridgehead atoms. The van der Waals surface area contributed by atoms with Gasteiger partial charge in [0.25, 0.3) is 0 Å². The number of nitrogens with one attached hydrogen (secondary N) is 1. The Hall–Kier alpha value is -2.99. The van der Waals surface area contributed by atoms with E-state index in [9.17, 15) is 9.59 Å². The number of carbonyl (C=O) groups excluding carboxylic acids is 2. The molecule has 1 heterocycles. The van der Waals surface area contributed by atoms with E-state index >= 15 is 0 Å². The standard InChI is InChI=1S/C21H23N3O3/c1-27-15-16-6-5-9-18(14-16)22-20(25)10-11-21(26)24-13-12-19(23-24)17-7-3-2-4-8-17/h2-9,14H,10-13,15H2,1H3,(H,22,25). The Bertz CT molecular complexity index is 834. The topological polar surface area (TPSA) is 71.0 Å². The summed E-state index contributed by atoms with van der Waals surface area (Å²) in [5.74, 6) is -0.325. The zero-order valence-electron chi connectivity index (χ0n) is 15.4. The van der Waals surface area contributed by atoms with Crippen LogP contribution in [0.5, 0.6) is 0 Å². The number of benzene rings is 2. The Labute approximate surface area is 158 Å². The van der Waals surface area contributed by atoms with Crippen LogP contribution in [0.25, 0.3) is 0 Å². The predicted octanol–water partition coefficient (Wildman–Crippen LogP) is 3.19. The zero-order chi connectivity index (χ0) is 19.1. The molecule has 6 heteroatoms. The molecular formula is C21H23N3O3. The molecule has 0 unspecified atom stereocenters. The van der Waals surface area contributed by atoms with Crippen molar-refractivity contribution in [1.29, 1.82) is 0 Å². The molecule has 0 saturated heterocycles. The van der Waals surface area contributed by atoms with E-state index in [0.717, 1.165) is 23.3 Å². The molecule has 1 aliphatic heterocycles. The van der Waals surface area contributed by atoms with Crippen molar-refractivity contribution in [3.63, 3.8) is 0 Å². The van der Waals surface area contributed by atoms with Crippen LogP contribution in [0.15, 0.2) is 59.7 Å². The Balaban J connectivity index is 1.50. The largest absolute Gasteiger partial charge is 0.380 e. The molecule has 6 nitrogen and oxygen atoms in total. The maximum absolute atomic E-state index is 12.3. The van der Waals surface area contributed by atoms with Crippen LogP contribution in [0.4, 0.5) is 5.69 Å². The molecule has 0 aliphatic carbocycles. The summed E-state index contributed by atoms with van der Waals surface area (Å²) in [6, 6.07) is 17.3. The lowest BCUT2D eigenvalue weighted by molar-refractivity contribution is -0.132. The summed E-state index contributed by atoms with van der Waals surface area (Å²) < 4.78 is 5.09. The highest BCUT2D eigenvalue weighted by atomic mass is 16.5. The van der Waals surface area contributed by atoms with Crippen LogP contribution >= 0.6 is 0 Å². The highest BCUT2D eigenvalue weighted by Crippen LogP contribution is 2.16. The lowest BCUT2D eigenvalue weighted by Gasteiger charge is -2.11. The molecule has 0 fully saturated rings. The van der Waals surface area contributed by atoms with Gasteiger partial charge in [-0.2, -0.15) is 5.10 Å². The predicted molar refractivity (Wildman–Crippen MR) is 104 cm³/mol. The summed E-state index contributed by atoms with van der Waals surface area (Å²) >= 11 is 0. The summed E-state index contributed by atoms with van der Waals surface area (Å²) in [7, 11) is 1.63. The van der Waals surface area contributed by atoms with Crippen molar-refractivity contribution in [1.82, 2.24) is 5.01 Å². The third-order valence-corrected chi connectivity index (χ3v) is 4.28. The van der Waals surface area contributed by atoms with Crippen LogP contribution in [0, 0.1) is 0 Å². The van der Waals surface area contributed by atoms with E-state index in [-0.39, 0.29) is 24.7 Å². The molecule has 0 radical (unpaired) electrons. The highest BCUT2D eigenvalue weighted by molar-refractivity contribution is 6.02. The smallest absolute Gasteiger partial charge is 0.243 e. The van der Waals surface area contributed by atoms with Gasteiger partial charge in [-0.15, -0.1) is 0 Å². The van der Waals surface area contributed by atoms with E-state index in [1.165, 1.54) is 5.01 Å². The second-order valence-corrected chi connectivity index (χ2v) is 6.36. The fraction of sp³-hybridized carbons (Fsp3) is 0.286. The number of amides is 2. The van der Waals surface area contributed by atoms with Gasteiger partial charge in [-0.05, 0) is 23.3 Å². The van der Waals surface area contributed by atoms with Gasteiger partial charge in [-0.3, -0.25) is 9.59 Å². The summed E-state index contributed by atoms with van der Waals surface area (Å²) in [5, 5.41) is 8.69. The van der Waals surface area contributed by atoms with Gasteiger partial charge in [0.05, 0.1) is 18.9 Å². The van der Waals surface area contributed by atoms with Gasteiger partial charge in [-0.1, -0.05) is 42.5 Å². The number of rotatable bonds is 7. The number of ether oxygens (including phenoxy) is 1. The summed E-state index contributed by atoms with van der Waals surface area (Å²) in [6.45, 7) is 1.04. The fourth-order valence-corrected chi connectivity index (χ4v) is 2.95. The molecule has 0 spiro atoms. The van der Waals surface area contributed by atoms with Crippen molar-refractivity contribution in [3.05, 3.63) is 65.7 Å². The second kappa shape index (κ2) is 9.09. The molecule has 0 atom stereocenters. The van der Waals surface area contributed by atoms with Crippen molar-refractivity contribution in [3.8, 4) is 0 Å². The number of hydrogen-bond donors (Lipinski definition) is 1. The van der Waals surface area contributed by atoms with Crippen molar-refractivity contribution in [2.45, 2.75) is 25.9 Å². The summed E-state index contributed by atoms with van der Waals surface area (Å²) in [6.07, 6.45) is 0.990. The third kappa shape index (κ3) is 5.24. The van der Waals surface area contributed by atoms with Gasteiger partial charge in [-0.25, -0.2) is 5.01 Å². The van der Waals surface area contributed by atoms with Crippen LogP contribution in [-0.2, 0) is 20.9 Å². The maximum Gasteiger partial charge on any atom is 0.243 e. The molecule has 2 aromatic carbocycles. The van der Waals surface area contributed by atoms with Crippen LogP contribution < -0.4 is 5.32 Å². The van der Waals surface area contributed by atoms with Gasteiger partial charge >= 0.3 is 0 Å². The SMILES string of the molecule is COCc1cccc(NC(=O)CCC(=O)N2CCC(c3ccccc3)=N2)c1. The van der Waals surface area contributed by atoms with Gasteiger partial charge < -0.3 is 10.1 Å². The Morgan fingerprint density at radius 1 is 1.11 bits per heavy atom. The van der Waals surface area contributed by atoms with E-state index in [1.807, 2.05) is 54.6 Å². The summed E-state index contributed by atoms with van der Waals surface area (Å²) in [4.78, 5) is 24.5. The average molecular weight is 365 g/mol. The summed E-state index contributed by atoms with van der Waals surface area (Å²) in [5.41, 5.74) is 3.61. The van der Waals surface area contributed by atoms with Crippen LogP contribution in [0.1, 0.15) is 30.4 Å². The zero-order valence-corrected chi connectivity index (χ0v) is 15.4. The van der Waals surface area contributed by atoms with Gasteiger partial charge in [0, 0.05) is 32.1 Å². The Morgan fingerprint density at radius 3 is 2.70 bits per heavy atom. The molecule has 1 N–H and O–H groups in total. The number of carbonyl (C=O) groups is 2. The first-order valence-electron chi connectivity index (χ1n) is 8.96. The molecule has 140 valence electrons. The Kier molecular flexibility index (Phi) is 6.33. The van der Waals surface area contributed by atoms with E-state index in [2.05, 4.69) is 10.4 Å². The first-order chi connectivity index (χ1) is 13.2. The highest BCUT2D eigenvalue weighted by Gasteiger charge is 2.21. The quantitative estimate of drug-likeness (QED) is 0.819. The van der Waals surface area contributed by atoms with Crippen LogP contribution in [-0.4, -0.2) is 36.2 Å². The number of anilines is 1. The molecule has 0 aromatic heterocycles. The van der Waals surface area contributed by atoms with E-state index < -0.39 is 0 Å². The number of nitrogens with zero attached hydrogens (tertiary/aromatic N) is 2. The third-order valence-electron chi connectivity index (χ3n) is 4.28. The minimum Gasteiger partial charge on any atom is -0.380 e. The molecule has 1 aliphatic rings. The first-order valence-corrected chi connectivity index (χ1v) is 8.96. The Morgan fingerprint density at radius 2 is 1.93 bits per heavy atom. The molecule has 2 amide bonds. The number of methoxy groups -OCH3 is 1. The normalized spacial score (nSPS) is 13.4. The first kappa shape index (κ1) is 18.8. The molecular weight excluding hydrogens is 342 g/mol. The van der Waals surface area contributed by atoms with E-state index in [4.69, 9.17) is 4.74 Å². The van der Waals surface area contributed by atoms with Gasteiger partial charge in [0.1, 0.15) is 0 Å². The van der Waals surface area contributed by atoms with Crippen molar-refractivity contribution in [2.24, 2.45) is 5.10 Å². The number of hydrogen-bond acceptors (Lipinski definition) is 4. The fourth-order valence-electron chi connectivity index (χ4n) is 2.95. The number of hydrazone groups is 1. The monoisotopic (exact) mass is 365 g/mol. The van der Waals surface area contributed by atoms with E-state index in [0.29, 0.717) is 18.8 Å². The van der Waals surface area contributed by atoms with Crippen molar-refractivity contribution < 1.29 is 14.3 Å². The average Bonchev–Trinajstić information content (AvgIpc) is 3.18. The van der Waals surface area contributed by atoms with Gasteiger partial charge in [0.15, 0.2) is 0 Å². The minimum atomic E-state index is -0.190. The van der Waals surface area contributed by atoms with Crippen molar-refractivity contribution in [2.75, 3.05) is 19.0 Å². The minimum absolute atomic E-state index is 0.125. The second-order valence-electron chi connectivity index (χ2n) is 6.36. The van der Waals surface area contributed by atoms with E-state index in [1.54, 1.807) is 7.11 Å². The lowest BCUT2D eigenvalue weighted by atomic mass is 10.1. The van der Waals surface area contributed by atoms with Crippen molar-refractivity contribution >= 4 is 23.2 Å². The molecule has 2 aromatic rings. The molecule has 0 saturated carbocycles.